The maximum Gasteiger partial charge on any atom is 0.291 e. The smallest absolute Gasteiger partial charge is 0.291 e. The van der Waals surface area contributed by atoms with Crippen LogP contribution in [0.1, 0.15) is 57.0 Å². The number of primary amides is 1. The van der Waals surface area contributed by atoms with E-state index in [0.29, 0.717) is 22.6 Å². The lowest BCUT2D eigenvalue weighted by Crippen LogP contribution is -2.58. The van der Waals surface area contributed by atoms with Crippen molar-refractivity contribution in [2.75, 3.05) is 6.61 Å². The predicted molar refractivity (Wildman–Crippen MR) is 130 cm³/mol. The highest BCUT2D eigenvalue weighted by atomic mass is 32.2. The third kappa shape index (κ3) is 4.44. The van der Waals surface area contributed by atoms with Crippen LogP contribution in [0, 0.1) is 29.1 Å². The molecule has 1 aromatic heterocycles. The van der Waals surface area contributed by atoms with Crippen molar-refractivity contribution in [1.29, 1.82) is 0 Å². The first-order chi connectivity index (χ1) is 16.6. The average molecular weight is 500 g/mol. The molecule has 35 heavy (non-hydrogen) atoms. The van der Waals surface area contributed by atoms with Crippen molar-refractivity contribution in [2.24, 2.45) is 34.8 Å². The number of carbonyl (C=O) groups is 2. The molecule has 9 heteroatoms. The van der Waals surface area contributed by atoms with E-state index in [1.165, 1.54) is 11.8 Å². The largest absolute Gasteiger partial charge is 0.474 e. The number of benzene rings is 1. The Kier molecular flexibility index (Phi) is 6.12. The Bertz CT molecular complexity index is 1120. The number of nitrogens with zero attached hydrogens (tertiary/aromatic N) is 1. The van der Waals surface area contributed by atoms with Crippen molar-refractivity contribution in [1.82, 2.24) is 10.5 Å². The fourth-order valence-electron chi connectivity index (χ4n) is 6.18. The molecule has 2 aromatic rings. The summed E-state index contributed by atoms with van der Waals surface area (Å²) in [7, 11) is 0. The van der Waals surface area contributed by atoms with Crippen molar-refractivity contribution < 1.29 is 24.0 Å². The van der Waals surface area contributed by atoms with Crippen molar-refractivity contribution in [2.45, 2.75) is 67.9 Å². The zero-order valence-electron chi connectivity index (χ0n) is 20.3. The number of aliphatic hydroxyl groups is 1. The normalized spacial score (nSPS) is 31.4. The number of nitrogens with two attached hydrogens (primary N) is 1. The monoisotopic (exact) mass is 499 g/mol. The molecule has 0 saturated heterocycles. The second-order valence-electron chi connectivity index (χ2n) is 11.2. The van der Waals surface area contributed by atoms with E-state index in [1.807, 2.05) is 30.3 Å². The van der Waals surface area contributed by atoms with Gasteiger partial charge in [-0.05, 0) is 80.5 Å². The number of rotatable bonds is 8. The molecule has 3 aliphatic carbocycles. The molecule has 0 spiro atoms. The van der Waals surface area contributed by atoms with Crippen LogP contribution < -0.4 is 15.8 Å². The van der Waals surface area contributed by atoms with Gasteiger partial charge in [0.1, 0.15) is 11.5 Å². The molecule has 2 amide bonds. The highest BCUT2D eigenvalue weighted by Crippen LogP contribution is 2.61. The number of hydrogen-bond acceptors (Lipinski definition) is 7. The van der Waals surface area contributed by atoms with Crippen LogP contribution in [-0.2, 0) is 4.79 Å². The molecule has 6 atom stereocenters. The highest BCUT2D eigenvalue weighted by Gasteiger charge is 2.63. The summed E-state index contributed by atoms with van der Waals surface area (Å²) in [4.78, 5) is 26.6. The van der Waals surface area contributed by atoms with Crippen LogP contribution in [0.4, 0.5) is 0 Å². The fourth-order valence-corrected chi connectivity index (χ4v) is 7.11. The zero-order valence-corrected chi connectivity index (χ0v) is 21.1. The molecule has 2 bridgehead atoms. The minimum atomic E-state index is -0.909. The number of amides is 2. The predicted octanol–water partition coefficient (Wildman–Crippen LogP) is 3.63. The van der Waals surface area contributed by atoms with Gasteiger partial charge < -0.3 is 25.4 Å². The van der Waals surface area contributed by atoms with E-state index in [0.717, 1.165) is 30.6 Å². The summed E-state index contributed by atoms with van der Waals surface area (Å²) in [5.74, 6) is 0.750. The molecule has 3 saturated carbocycles. The van der Waals surface area contributed by atoms with Gasteiger partial charge in [0.05, 0.1) is 11.0 Å². The maximum absolute atomic E-state index is 13.5. The highest BCUT2D eigenvalue weighted by molar-refractivity contribution is 7.99. The van der Waals surface area contributed by atoms with Crippen molar-refractivity contribution in [3.8, 4) is 5.88 Å². The lowest BCUT2D eigenvalue weighted by molar-refractivity contribution is -0.142. The van der Waals surface area contributed by atoms with Gasteiger partial charge in [-0.1, -0.05) is 36.9 Å². The lowest BCUT2D eigenvalue weighted by Gasteiger charge is -2.52. The Morgan fingerprint density at radius 3 is 2.74 bits per heavy atom. The summed E-state index contributed by atoms with van der Waals surface area (Å²) in [6, 6.07) is 9.60. The van der Waals surface area contributed by atoms with E-state index in [-0.39, 0.29) is 36.1 Å². The molecule has 5 unspecified atom stereocenters. The van der Waals surface area contributed by atoms with Crippen LogP contribution >= 0.6 is 11.8 Å². The topological polar surface area (TPSA) is 128 Å². The lowest BCUT2D eigenvalue weighted by atomic mass is 9.59. The number of hydrogen-bond donors (Lipinski definition) is 3. The minimum Gasteiger partial charge on any atom is -0.474 e. The molecule has 3 aliphatic rings. The van der Waals surface area contributed by atoms with Gasteiger partial charge in [0.15, 0.2) is 0 Å². The SMILES string of the molecule is CC1CC2CC3C(C[C@@]3(O)C1)C2NC(=O)c1onc(OCC(C)(C)C(N)=O)c1Sc1ccccc1. The molecule has 1 heterocycles. The molecule has 3 fully saturated rings. The van der Waals surface area contributed by atoms with Gasteiger partial charge in [0.2, 0.25) is 11.7 Å². The Morgan fingerprint density at radius 2 is 2.03 bits per heavy atom. The molecule has 5 rings (SSSR count). The van der Waals surface area contributed by atoms with Gasteiger partial charge in [0, 0.05) is 10.9 Å². The van der Waals surface area contributed by atoms with E-state index < -0.39 is 16.9 Å². The van der Waals surface area contributed by atoms with Gasteiger partial charge in [0.25, 0.3) is 11.8 Å². The van der Waals surface area contributed by atoms with E-state index in [4.69, 9.17) is 15.0 Å². The van der Waals surface area contributed by atoms with Crippen molar-refractivity contribution >= 4 is 23.6 Å². The molecule has 0 radical (unpaired) electrons. The van der Waals surface area contributed by atoms with E-state index in [2.05, 4.69) is 17.4 Å². The van der Waals surface area contributed by atoms with Crippen LogP contribution in [0.2, 0.25) is 0 Å². The first-order valence-electron chi connectivity index (χ1n) is 12.3. The van der Waals surface area contributed by atoms with Crippen LogP contribution in [0.3, 0.4) is 0 Å². The van der Waals surface area contributed by atoms with Gasteiger partial charge in [-0.3, -0.25) is 9.59 Å². The number of aromatic nitrogens is 1. The third-order valence-corrected chi connectivity index (χ3v) is 9.13. The molecule has 0 aliphatic heterocycles. The summed E-state index contributed by atoms with van der Waals surface area (Å²) in [6.07, 6.45) is 3.55. The maximum atomic E-state index is 13.5. The Hall–Kier alpha value is -2.52. The summed E-state index contributed by atoms with van der Waals surface area (Å²) >= 11 is 1.33. The first kappa shape index (κ1) is 24.2. The Labute approximate surface area is 209 Å². The van der Waals surface area contributed by atoms with Crippen LogP contribution in [0.15, 0.2) is 44.6 Å². The molecule has 188 valence electrons. The Morgan fingerprint density at radius 1 is 1.29 bits per heavy atom. The van der Waals surface area contributed by atoms with Gasteiger partial charge >= 0.3 is 0 Å². The van der Waals surface area contributed by atoms with Gasteiger partial charge in [-0.2, -0.15) is 0 Å². The summed E-state index contributed by atoms with van der Waals surface area (Å²) in [5.41, 5.74) is 3.99. The summed E-state index contributed by atoms with van der Waals surface area (Å²) in [5, 5.41) is 18.3. The van der Waals surface area contributed by atoms with Crippen molar-refractivity contribution in [3.05, 3.63) is 36.1 Å². The average Bonchev–Trinajstić information content (AvgIpc) is 3.29. The molecular weight excluding hydrogens is 466 g/mol. The Balaban J connectivity index is 1.38. The minimum absolute atomic E-state index is 0.00317. The second kappa shape index (κ2) is 8.85. The van der Waals surface area contributed by atoms with E-state index >= 15 is 0 Å². The molecular formula is C26H33N3O5S. The van der Waals surface area contributed by atoms with Crippen LogP contribution in [0.25, 0.3) is 0 Å². The van der Waals surface area contributed by atoms with Crippen LogP contribution in [0.5, 0.6) is 5.88 Å². The molecule has 1 aromatic carbocycles. The number of fused-ring (bicyclic) bond motifs is 1. The van der Waals surface area contributed by atoms with E-state index in [9.17, 15) is 14.7 Å². The quantitative estimate of drug-likeness (QED) is 0.506. The summed E-state index contributed by atoms with van der Waals surface area (Å²) < 4.78 is 11.4. The van der Waals surface area contributed by atoms with E-state index in [1.54, 1.807) is 13.8 Å². The zero-order chi connectivity index (χ0) is 25.0. The fraction of sp³-hybridized carbons (Fsp3) is 0.577. The molecule has 8 nitrogen and oxygen atoms in total. The van der Waals surface area contributed by atoms with Gasteiger partial charge in [-0.25, -0.2) is 0 Å². The van der Waals surface area contributed by atoms with Crippen LogP contribution in [-0.4, -0.2) is 40.3 Å². The summed E-state index contributed by atoms with van der Waals surface area (Å²) in [6.45, 7) is 5.57. The standard InChI is InChI=1S/C26H33N3O5S/c1-14-9-15-10-18-17(12-26(18,32)11-14)19(15)28-22(30)20-21(35-16-7-5-4-6-8-16)23(29-34-20)33-13-25(2,3)24(27)31/h4-8,14-15,17-19,32H,9-13H2,1-3H3,(H2,27,31)(H,28,30)/t14?,15?,17?,18?,19?,26-/m0/s1. The van der Waals surface area contributed by atoms with Gasteiger partial charge in [-0.15, -0.1) is 0 Å². The number of carbonyl (C=O) groups excluding carboxylic acids is 2. The second-order valence-corrected chi connectivity index (χ2v) is 12.3. The number of nitrogens with one attached hydrogen (secondary N) is 1. The third-order valence-electron chi connectivity index (χ3n) is 8.05. The number of ether oxygens (including phenoxy) is 1. The first-order valence-corrected chi connectivity index (χ1v) is 13.1. The molecule has 4 N–H and O–H groups in total. The van der Waals surface area contributed by atoms with Crippen molar-refractivity contribution in [3.63, 3.8) is 0 Å².